The molecule has 1 unspecified atom stereocenters. The van der Waals surface area contributed by atoms with Gasteiger partial charge in [0.05, 0.1) is 0 Å². The summed E-state index contributed by atoms with van der Waals surface area (Å²) in [5, 5.41) is -1.02. The van der Waals surface area contributed by atoms with Crippen LogP contribution in [0.5, 0.6) is 0 Å². The molecule has 1 fully saturated rings. The Balaban J connectivity index is 2.14. The van der Waals surface area contributed by atoms with E-state index < -0.39 is 17.0 Å². The van der Waals surface area contributed by atoms with Crippen LogP contribution < -0.4 is 0 Å². The Morgan fingerprint density at radius 3 is 2.22 bits per heavy atom. The zero-order chi connectivity index (χ0) is 13.1. The van der Waals surface area contributed by atoms with Gasteiger partial charge in [-0.05, 0) is 37.0 Å². The molecular formula is C13H14ClF2NO. The average Bonchev–Trinajstić information content (AvgIpc) is 2.37. The summed E-state index contributed by atoms with van der Waals surface area (Å²) < 4.78 is 26.1. The Morgan fingerprint density at radius 2 is 1.67 bits per heavy atom. The van der Waals surface area contributed by atoms with Gasteiger partial charge in [-0.15, -0.1) is 11.6 Å². The first-order valence-corrected chi connectivity index (χ1v) is 6.40. The van der Waals surface area contributed by atoms with E-state index in [0.717, 1.165) is 37.5 Å². The lowest BCUT2D eigenvalue weighted by atomic mass is 10.1. The molecule has 1 atom stereocenters. The van der Waals surface area contributed by atoms with Gasteiger partial charge in [-0.3, -0.25) is 4.79 Å². The van der Waals surface area contributed by atoms with E-state index in [9.17, 15) is 13.6 Å². The first-order valence-electron chi connectivity index (χ1n) is 5.97. The van der Waals surface area contributed by atoms with Crippen LogP contribution in [0.25, 0.3) is 0 Å². The molecule has 1 aliphatic rings. The van der Waals surface area contributed by atoms with Crippen LogP contribution in [0.3, 0.4) is 0 Å². The predicted molar refractivity (Wildman–Crippen MR) is 65.4 cm³/mol. The molecule has 0 aromatic heterocycles. The molecule has 1 saturated heterocycles. The lowest BCUT2D eigenvalue weighted by Crippen LogP contribution is -2.37. The number of hydrogen-bond donors (Lipinski definition) is 0. The van der Waals surface area contributed by atoms with Crippen molar-refractivity contribution in [1.29, 1.82) is 0 Å². The maximum Gasteiger partial charge on any atom is 0.245 e. The van der Waals surface area contributed by atoms with E-state index in [2.05, 4.69) is 0 Å². The number of likely N-dealkylation sites (tertiary alicyclic amines) is 1. The van der Waals surface area contributed by atoms with Crippen molar-refractivity contribution in [2.75, 3.05) is 13.1 Å². The predicted octanol–water partition coefficient (Wildman–Crippen LogP) is 3.26. The van der Waals surface area contributed by atoms with Gasteiger partial charge in [-0.1, -0.05) is 0 Å². The molecule has 0 aliphatic carbocycles. The van der Waals surface area contributed by atoms with Gasteiger partial charge in [0.2, 0.25) is 5.91 Å². The van der Waals surface area contributed by atoms with Gasteiger partial charge in [0.1, 0.15) is 17.0 Å². The molecule has 1 amide bonds. The second-order valence-electron chi connectivity index (χ2n) is 4.45. The summed E-state index contributed by atoms with van der Waals surface area (Å²) in [6.07, 6.45) is 3.01. The molecule has 1 aromatic carbocycles. The summed E-state index contributed by atoms with van der Waals surface area (Å²) in [4.78, 5) is 13.7. The van der Waals surface area contributed by atoms with Crippen molar-refractivity contribution in [1.82, 2.24) is 4.90 Å². The van der Waals surface area contributed by atoms with E-state index in [1.807, 2.05) is 0 Å². The topological polar surface area (TPSA) is 20.3 Å². The Kier molecular flexibility index (Phi) is 4.17. The molecule has 5 heteroatoms. The molecule has 2 rings (SSSR count). The number of hydrogen-bond acceptors (Lipinski definition) is 1. The number of amides is 1. The number of halogens is 3. The van der Waals surface area contributed by atoms with Crippen LogP contribution in [0.15, 0.2) is 18.2 Å². The highest BCUT2D eigenvalue weighted by atomic mass is 35.5. The minimum atomic E-state index is -1.02. The van der Waals surface area contributed by atoms with Crippen molar-refractivity contribution in [2.24, 2.45) is 0 Å². The highest BCUT2D eigenvalue weighted by Gasteiger charge is 2.25. The molecule has 1 aromatic rings. The second-order valence-corrected chi connectivity index (χ2v) is 4.89. The zero-order valence-electron chi connectivity index (χ0n) is 9.83. The van der Waals surface area contributed by atoms with E-state index >= 15 is 0 Å². The number of nitrogens with zero attached hydrogens (tertiary/aromatic N) is 1. The largest absolute Gasteiger partial charge is 0.341 e. The summed E-state index contributed by atoms with van der Waals surface area (Å²) in [6.45, 7) is 1.33. The van der Waals surface area contributed by atoms with E-state index in [1.165, 1.54) is 0 Å². The van der Waals surface area contributed by atoms with Gasteiger partial charge < -0.3 is 4.90 Å². The Hall–Kier alpha value is -1.16. The SMILES string of the molecule is O=C(C(Cl)c1cc(F)cc(F)c1)N1CCCCC1. The summed E-state index contributed by atoms with van der Waals surface area (Å²) in [5.74, 6) is -1.72. The number of alkyl halides is 1. The van der Waals surface area contributed by atoms with Crippen LogP contribution in [0.2, 0.25) is 0 Å². The first kappa shape index (κ1) is 13.3. The van der Waals surface area contributed by atoms with Crippen molar-refractivity contribution in [3.05, 3.63) is 35.4 Å². The number of rotatable bonds is 2. The fourth-order valence-corrected chi connectivity index (χ4v) is 2.40. The maximum atomic E-state index is 13.1. The van der Waals surface area contributed by atoms with Gasteiger partial charge in [0, 0.05) is 19.2 Å². The molecule has 0 saturated carbocycles. The van der Waals surface area contributed by atoms with Crippen LogP contribution in [0.1, 0.15) is 30.2 Å². The van der Waals surface area contributed by atoms with Crippen molar-refractivity contribution in [2.45, 2.75) is 24.6 Å². The number of piperidine rings is 1. The van der Waals surface area contributed by atoms with Crippen molar-refractivity contribution in [3.8, 4) is 0 Å². The van der Waals surface area contributed by atoms with Crippen LogP contribution in [0, 0.1) is 11.6 Å². The third kappa shape index (κ3) is 2.99. The monoisotopic (exact) mass is 273 g/mol. The number of carbonyl (C=O) groups excluding carboxylic acids is 1. The molecule has 1 aliphatic heterocycles. The summed E-state index contributed by atoms with van der Waals surface area (Å²) in [6, 6.07) is 2.96. The molecule has 18 heavy (non-hydrogen) atoms. The third-order valence-corrected chi connectivity index (χ3v) is 3.50. The average molecular weight is 274 g/mol. The minimum absolute atomic E-state index is 0.171. The van der Waals surface area contributed by atoms with Crippen molar-refractivity contribution >= 4 is 17.5 Å². The lowest BCUT2D eigenvalue weighted by Gasteiger charge is -2.28. The molecule has 0 N–H and O–H groups in total. The standard InChI is InChI=1S/C13H14ClF2NO/c14-12(9-6-10(15)8-11(16)7-9)13(18)17-4-2-1-3-5-17/h6-8,12H,1-5H2. The lowest BCUT2D eigenvalue weighted by molar-refractivity contribution is -0.131. The van der Waals surface area contributed by atoms with Gasteiger partial charge >= 0.3 is 0 Å². The number of carbonyl (C=O) groups is 1. The smallest absolute Gasteiger partial charge is 0.245 e. The van der Waals surface area contributed by atoms with Crippen molar-refractivity contribution < 1.29 is 13.6 Å². The van der Waals surface area contributed by atoms with E-state index in [4.69, 9.17) is 11.6 Å². The van der Waals surface area contributed by atoms with Gasteiger partial charge in [0.15, 0.2) is 0 Å². The van der Waals surface area contributed by atoms with Gasteiger partial charge in [0.25, 0.3) is 0 Å². The van der Waals surface area contributed by atoms with Crippen LogP contribution in [0.4, 0.5) is 8.78 Å². The van der Waals surface area contributed by atoms with E-state index in [1.54, 1.807) is 4.90 Å². The molecular weight excluding hydrogens is 260 g/mol. The Bertz CT molecular complexity index is 426. The van der Waals surface area contributed by atoms with E-state index in [0.29, 0.717) is 13.1 Å². The Morgan fingerprint density at radius 1 is 1.11 bits per heavy atom. The molecule has 2 nitrogen and oxygen atoms in total. The van der Waals surface area contributed by atoms with Crippen LogP contribution in [-0.4, -0.2) is 23.9 Å². The molecule has 0 spiro atoms. The molecule has 1 heterocycles. The van der Waals surface area contributed by atoms with Crippen molar-refractivity contribution in [3.63, 3.8) is 0 Å². The quantitative estimate of drug-likeness (QED) is 0.758. The number of benzene rings is 1. The van der Waals surface area contributed by atoms with Gasteiger partial charge in [-0.2, -0.15) is 0 Å². The Labute approximate surface area is 110 Å². The normalized spacial score (nSPS) is 17.6. The summed E-state index contributed by atoms with van der Waals surface area (Å²) in [7, 11) is 0. The maximum absolute atomic E-state index is 13.1. The molecule has 0 bridgehead atoms. The highest BCUT2D eigenvalue weighted by molar-refractivity contribution is 6.30. The highest BCUT2D eigenvalue weighted by Crippen LogP contribution is 2.26. The zero-order valence-corrected chi connectivity index (χ0v) is 10.6. The fraction of sp³-hybridized carbons (Fsp3) is 0.462. The first-order chi connectivity index (χ1) is 8.58. The molecule has 0 radical (unpaired) electrons. The van der Waals surface area contributed by atoms with Gasteiger partial charge in [-0.25, -0.2) is 8.78 Å². The third-order valence-electron chi connectivity index (χ3n) is 3.06. The molecule has 98 valence electrons. The second kappa shape index (κ2) is 5.65. The van der Waals surface area contributed by atoms with Crippen LogP contribution >= 0.6 is 11.6 Å². The summed E-state index contributed by atoms with van der Waals surface area (Å²) in [5.41, 5.74) is 0.171. The van der Waals surface area contributed by atoms with E-state index in [-0.39, 0.29) is 11.5 Å². The minimum Gasteiger partial charge on any atom is -0.341 e. The van der Waals surface area contributed by atoms with Crippen LogP contribution in [-0.2, 0) is 4.79 Å². The fourth-order valence-electron chi connectivity index (χ4n) is 2.14. The summed E-state index contributed by atoms with van der Waals surface area (Å²) >= 11 is 6.01.